The van der Waals surface area contributed by atoms with Crippen molar-refractivity contribution in [3.8, 4) is 17.8 Å². The molecular formula is C21H28N6O4. The van der Waals surface area contributed by atoms with Crippen molar-refractivity contribution < 1.29 is 19.0 Å². The number of rotatable bonds is 11. The standard InChI is InChI=1S/C21H28N6O4/c1-4-5-12-30-20-25-18(22)17-19(26-20)27(21(24-17)29-3)11-7-10-23-15-8-6-9-16(13-15)31-14(2)28/h6,8-9,13,23H,4-5,7,10-12H2,1-3H3,(H2,22,25,26). The minimum atomic E-state index is -0.351. The first-order valence-electron chi connectivity index (χ1n) is 10.2. The van der Waals surface area contributed by atoms with Gasteiger partial charge in [-0.15, -0.1) is 0 Å². The van der Waals surface area contributed by atoms with E-state index >= 15 is 0 Å². The van der Waals surface area contributed by atoms with Crippen molar-refractivity contribution >= 4 is 28.6 Å². The number of nitrogens with two attached hydrogens (primary N) is 1. The van der Waals surface area contributed by atoms with Crippen molar-refractivity contribution in [1.29, 1.82) is 0 Å². The molecule has 3 N–H and O–H groups in total. The lowest BCUT2D eigenvalue weighted by atomic mass is 10.3. The third kappa shape index (κ3) is 5.74. The SMILES string of the molecule is CCCCOc1nc(N)c2nc(OC)n(CCCNc3cccc(OC(C)=O)c3)c2n1. The van der Waals surface area contributed by atoms with E-state index in [0.717, 1.165) is 24.9 Å². The molecule has 0 unspecified atom stereocenters. The highest BCUT2D eigenvalue weighted by Crippen LogP contribution is 2.26. The maximum absolute atomic E-state index is 11.1. The molecule has 3 aromatic rings. The summed E-state index contributed by atoms with van der Waals surface area (Å²) in [7, 11) is 1.55. The fourth-order valence-corrected chi connectivity index (χ4v) is 3.02. The molecule has 3 rings (SSSR count). The lowest BCUT2D eigenvalue weighted by Crippen LogP contribution is -2.09. The van der Waals surface area contributed by atoms with Gasteiger partial charge in [0.15, 0.2) is 17.0 Å². The number of fused-ring (bicyclic) bond motifs is 1. The van der Waals surface area contributed by atoms with Gasteiger partial charge in [0.2, 0.25) is 0 Å². The Kier molecular flexibility index (Phi) is 7.47. The summed E-state index contributed by atoms with van der Waals surface area (Å²) in [5, 5.41) is 3.32. The summed E-state index contributed by atoms with van der Waals surface area (Å²) < 4.78 is 18.0. The maximum atomic E-state index is 11.1. The van der Waals surface area contributed by atoms with Gasteiger partial charge in [0.05, 0.1) is 13.7 Å². The molecule has 0 fully saturated rings. The van der Waals surface area contributed by atoms with Crippen LogP contribution in [-0.2, 0) is 11.3 Å². The zero-order valence-electron chi connectivity index (χ0n) is 18.1. The first kappa shape index (κ1) is 22.1. The van der Waals surface area contributed by atoms with Crippen LogP contribution in [0.3, 0.4) is 0 Å². The molecule has 166 valence electrons. The van der Waals surface area contributed by atoms with Crippen LogP contribution in [0.1, 0.15) is 33.1 Å². The minimum absolute atomic E-state index is 0.239. The molecule has 10 nitrogen and oxygen atoms in total. The highest BCUT2D eigenvalue weighted by Gasteiger charge is 2.17. The molecule has 0 aliphatic carbocycles. The summed E-state index contributed by atoms with van der Waals surface area (Å²) >= 11 is 0. The Morgan fingerprint density at radius 3 is 2.81 bits per heavy atom. The van der Waals surface area contributed by atoms with Crippen LogP contribution in [0.25, 0.3) is 11.2 Å². The molecule has 0 saturated heterocycles. The van der Waals surface area contributed by atoms with Gasteiger partial charge in [-0.05, 0) is 25.0 Å². The molecule has 0 bridgehead atoms. The van der Waals surface area contributed by atoms with Crippen LogP contribution in [0.15, 0.2) is 24.3 Å². The van der Waals surface area contributed by atoms with E-state index in [4.69, 9.17) is 19.9 Å². The quantitative estimate of drug-likeness (QED) is 0.269. The van der Waals surface area contributed by atoms with Gasteiger partial charge < -0.3 is 25.3 Å². The van der Waals surface area contributed by atoms with E-state index in [1.807, 2.05) is 16.7 Å². The van der Waals surface area contributed by atoms with Gasteiger partial charge in [-0.3, -0.25) is 9.36 Å². The number of nitrogen functional groups attached to an aromatic ring is 1. The minimum Gasteiger partial charge on any atom is -0.468 e. The van der Waals surface area contributed by atoms with Gasteiger partial charge in [-0.25, -0.2) is 0 Å². The van der Waals surface area contributed by atoms with Crippen LogP contribution in [-0.4, -0.2) is 45.7 Å². The fraction of sp³-hybridized carbons (Fsp3) is 0.429. The number of unbranched alkanes of at least 4 members (excludes halogenated alkanes) is 1. The van der Waals surface area contributed by atoms with Crippen LogP contribution in [0.5, 0.6) is 17.8 Å². The number of aryl methyl sites for hydroxylation is 1. The topological polar surface area (TPSA) is 126 Å². The van der Waals surface area contributed by atoms with Crippen molar-refractivity contribution in [3.63, 3.8) is 0 Å². The number of benzene rings is 1. The molecule has 0 aliphatic rings. The molecular weight excluding hydrogens is 400 g/mol. The summed E-state index contributed by atoms with van der Waals surface area (Å²) in [5.74, 6) is 0.409. The molecule has 0 amide bonds. The third-order valence-electron chi connectivity index (χ3n) is 4.46. The number of methoxy groups -OCH3 is 1. The third-order valence-corrected chi connectivity index (χ3v) is 4.46. The van der Waals surface area contributed by atoms with Crippen LogP contribution >= 0.6 is 0 Å². The number of nitrogens with one attached hydrogen (secondary N) is 1. The zero-order chi connectivity index (χ0) is 22.2. The van der Waals surface area contributed by atoms with Gasteiger partial charge >= 0.3 is 12.0 Å². The average Bonchev–Trinajstić information content (AvgIpc) is 3.09. The summed E-state index contributed by atoms with van der Waals surface area (Å²) in [6, 6.07) is 7.91. The van der Waals surface area contributed by atoms with E-state index in [9.17, 15) is 4.79 Å². The van der Waals surface area contributed by atoms with Gasteiger partial charge in [-0.2, -0.15) is 15.0 Å². The Morgan fingerprint density at radius 1 is 1.23 bits per heavy atom. The normalized spacial score (nSPS) is 10.8. The van der Waals surface area contributed by atoms with Crippen LogP contribution < -0.4 is 25.3 Å². The van der Waals surface area contributed by atoms with E-state index in [1.165, 1.54) is 6.92 Å². The van der Waals surface area contributed by atoms with Crippen LogP contribution in [0.4, 0.5) is 11.5 Å². The van der Waals surface area contributed by atoms with E-state index in [0.29, 0.717) is 42.6 Å². The largest absolute Gasteiger partial charge is 0.468 e. The Morgan fingerprint density at radius 2 is 2.06 bits per heavy atom. The molecule has 0 spiro atoms. The highest BCUT2D eigenvalue weighted by atomic mass is 16.5. The summed E-state index contributed by atoms with van der Waals surface area (Å²) in [5.41, 5.74) is 7.99. The molecule has 0 atom stereocenters. The van der Waals surface area contributed by atoms with Crippen molar-refractivity contribution in [2.45, 2.75) is 39.7 Å². The zero-order valence-corrected chi connectivity index (χ0v) is 18.1. The molecule has 1 aromatic carbocycles. The van der Waals surface area contributed by atoms with Gasteiger partial charge in [0.25, 0.3) is 6.01 Å². The van der Waals surface area contributed by atoms with Crippen molar-refractivity contribution in [2.24, 2.45) is 0 Å². The molecule has 0 saturated carbocycles. The van der Waals surface area contributed by atoms with Crippen LogP contribution in [0.2, 0.25) is 0 Å². The second kappa shape index (κ2) is 10.5. The molecule has 31 heavy (non-hydrogen) atoms. The van der Waals surface area contributed by atoms with Gasteiger partial charge in [0.1, 0.15) is 5.75 Å². The first-order valence-corrected chi connectivity index (χ1v) is 10.2. The second-order valence-electron chi connectivity index (χ2n) is 6.92. The van der Waals surface area contributed by atoms with E-state index in [-0.39, 0.29) is 17.8 Å². The predicted octanol–water partition coefficient (Wildman–Crippen LogP) is 3.02. The van der Waals surface area contributed by atoms with Crippen molar-refractivity contribution in [3.05, 3.63) is 24.3 Å². The predicted molar refractivity (Wildman–Crippen MR) is 118 cm³/mol. The Hall–Kier alpha value is -3.56. The molecule has 2 aromatic heterocycles. The van der Waals surface area contributed by atoms with E-state index < -0.39 is 0 Å². The Balaban J connectivity index is 1.68. The lowest BCUT2D eigenvalue weighted by Gasteiger charge is -2.10. The summed E-state index contributed by atoms with van der Waals surface area (Å²) in [6.07, 6.45) is 2.68. The number of hydrogen-bond acceptors (Lipinski definition) is 9. The molecule has 0 radical (unpaired) electrons. The van der Waals surface area contributed by atoms with E-state index in [1.54, 1.807) is 19.2 Å². The number of nitrogens with zero attached hydrogens (tertiary/aromatic N) is 4. The maximum Gasteiger partial charge on any atom is 0.320 e. The van der Waals surface area contributed by atoms with Crippen molar-refractivity contribution in [1.82, 2.24) is 19.5 Å². The number of carbonyl (C=O) groups excluding carboxylic acids is 1. The average molecular weight is 428 g/mol. The van der Waals surface area contributed by atoms with Crippen LogP contribution in [0, 0.1) is 0 Å². The number of ether oxygens (including phenoxy) is 3. The van der Waals surface area contributed by atoms with E-state index in [2.05, 4.69) is 27.2 Å². The Bertz CT molecular complexity index is 1040. The molecule has 10 heteroatoms. The number of esters is 1. The number of imidazole rings is 1. The fourth-order valence-electron chi connectivity index (χ4n) is 3.02. The molecule has 2 heterocycles. The number of anilines is 2. The smallest absolute Gasteiger partial charge is 0.320 e. The molecule has 0 aliphatic heterocycles. The van der Waals surface area contributed by atoms with Gasteiger partial charge in [0, 0.05) is 31.8 Å². The number of aromatic nitrogens is 4. The van der Waals surface area contributed by atoms with Gasteiger partial charge in [-0.1, -0.05) is 19.4 Å². The summed E-state index contributed by atoms with van der Waals surface area (Å²) in [6.45, 7) is 5.26. The monoisotopic (exact) mass is 428 g/mol. The lowest BCUT2D eigenvalue weighted by molar-refractivity contribution is -0.131. The number of carbonyl (C=O) groups is 1. The van der Waals surface area contributed by atoms with Crippen molar-refractivity contribution in [2.75, 3.05) is 31.3 Å². The Labute approximate surface area is 180 Å². The summed E-state index contributed by atoms with van der Waals surface area (Å²) in [4.78, 5) is 24.2. The second-order valence-corrected chi connectivity index (χ2v) is 6.92. The highest BCUT2D eigenvalue weighted by molar-refractivity contribution is 5.83. The number of hydrogen-bond donors (Lipinski definition) is 2. The first-order chi connectivity index (χ1) is 15.0.